The second-order valence-electron chi connectivity index (χ2n) is 5.97. The molecule has 1 fully saturated rings. The summed E-state index contributed by atoms with van der Waals surface area (Å²) in [6.45, 7) is 4.82. The fraction of sp³-hybridized carbons (Fsp3) is 0.444. The van der Waals surface area contributed by atoms with Crippen molar-refractivity contribution in [2.24, 2.45) is 4.99 Å². The van der Waals surface area contributed by atoms with Gasteiger partial charge < -0.3 is 15.0 Å². The topological polar surface area (TPSA) is 49.8 Å². The highest BCUT2D eigenvalue weighted by Gasteiger charge is 2.26. The molecular formula is C18H24N4OS. The molecule has 0 spiro atoms. The van der Waals surface area contributed by atoms with Gasteiger partial charge in [0.25, 0.3) is 0 Å². The molecule has 1 saturated heterocycles. The van der Waals surface area contributed by atoms with Gasteiger partial charge in [-0.25, -0.2) is 4.98 Å². The monoisotopic (exact) mass is 344 g/mol. The Bertz CT molecular complexity index is 695. The number of nitrogens with zero attached hydrogens (tertiary/aromatic N) is 3. The highest BCUT2D eigenvalue weighted by atomic mass is 32.1. The molecule has 0 saturated carbocycles. The molecule has 3 rings (SSSR count). The van der Waals surface area contributed by atoms with E-state index < -0.39 is 0 Å². The molecule has 1 N–H and O–H groups in total. The van der Waals surface area contributed by atoms with Crippen molar-refractivity contribution in [1.82, 2.24) is 15.2 Å². The van der Waals surface area contributed by atoms with Crippen molar-refractivity contribution in [2.45, 2.75) is 25.8 Å². The van der Waals surface area contributed by atoms with Gasteiger partial charge in [0.2, 0.25) is 0 Å². The minimum absolute atomic E-state index is 0.538. The van der Waals surface area contributed by atoms with E-state index in [2.05, 4.69) is 39.2 Å². The van der Waals surface area contributed by atoms with Crippen LogP contribution in [0.5, 0.6) is 5.75 Å². The van der Waals surface area contributed by atoms with E-state index in [0.29, 0.717) is 5.92 Å². The molecule has 0 aliphatic carbocycles. The normalized spacial score (nSPS) is 18.0. The fourth-order valence-corrected chi connectivity index (χ4v) is 3.80. The molecule has 1 atom stereocenters. The number of aliphatic imine (C=N–C) groups is 1. The molecule has 2 aromatic rings. The third-order valence-corrected chi connectivity index (χ3v) is 5.27. The number of aryl methyl sites for hydroxylation is 1. The van der Waals surface area contributed by atoms with Gasteiger partial charge in [-0.15, -0.1) is 11.3 Å². The Kier molecular flexibility index (Phi) is 5.35. The van der Waals surface area contributed by atoms with E-state index in [9.17, 15) is 0 Å². The molecular weight excluding hydrogens is 320 g/mol. The third-order valence-electron chi connectivity index (χ3n) is 4.35. The molecule has 2 heterocycles. The summed E-state index contributed by atoms with van der Waals surface area (Å²) in [5.74, 6) is 2.40. The van der Waals surface area contributed by atoms with E-state index in [4.69, 9.17) is 4.74 Å². The van der Waals surface area contributed by atoms with Gasteiger partial charge in [-0.3, -0.25) is 4.99 Å². The summed E-state index contributed by atoms with van der Waals surface area (Å²) in [7, 11) is 3.54. The van der Waals surface area contributed by atoms with E-state index in [1.165, 1.54) is 10.4 Å². The summed E-state index contributed by atoms with van der Waals surface area (Å²) in [4.78, 5) is 12.4. The van der Waals surface area contributed by atoms with Gasteiger partial charge in [-0.1, -0.05) is 12.1 Å². The first-order chi connectivity index (χ1) is 11.7. The first kappa shape index (κ1) is 16.8. The first-order valence-corrected chi connectivity index (χ1v) is 9.02. The van der Waals surface area contributed by atoms with E-state index in [-0.39, 0.29) is 0 Å². The number of hydrogen-bond acceptors (Lipinski definition) is 4. The SMILES string of the molecule is CN=C(NCc1ncc(C)s1)N1CCC(c2ccc(OC)cc2)C1. The molecule has 1 aliphatic rings. The molecule has 24 heavy (non-hydrogen) atoms. The zero-order valence-corrected chi connectivity index (χ0v) is 15.3. The lowest BCUT2D eigenvalue weighted by Gasteiger charge is -2.21. The molecule has 0 bridgehead atoms. The number of aromatic nitrogens is 1. The average Bonchev–Trinajstić information content (AvgIpc) is 3.25. The van der Waals surface area contributed by atoms with Crippen LogP contribution in [0.2, 0.25) is 0 Å². The van der Waals surface area contributed by atoms with Gasteiger partial charge in [0, 0.05) is 37.1 Å². The van der Waals surface area contributed by atoms with Crippen LogP contribution in [0.1, 0.15) is 27.8 Å². The molecule has 1 aromatic carbocycles. The number of methoxy groups -OCH3 is 1. The van der Waals surface area contributed by atoms with Crippen LogP contribution in [0.4, 0.5) is 0 Å². The van der Waals surface area contributed by atoms with Crippen molar-refractivity contribution in [3.63, 3.8) is 0 Å². The van der Waals surface area contributed by atoms with Gasteiger partial charge in [-0.2, -0.15) is 0 Å². The van der Waals surface area contributed by atoms with Crippen LogP contribution in [-0.4, -0.2) is 43.1 Å². The van der Waals surface area contributed by atoms with Crippen LogP contribution in [0.15, 0.2) is 35.5 Å². The second kappa shape index (κ2) is 7.66. The highest BCUT2D eigenvalue weighted by Crippen LogP contribution is 2.28. The Morgan fingerprint density at radius 3 is 2.83 bits per heavy atom. The van der Waals surface area contributed by atoms with Crippen LogP contribution in [0.25, 0.3) is 0 Å². The van der Waals surface area contributed by atoms with Gasteiger partial charge in [-0.05, 0) is 31.0 Å². The van der Waals surface area contributed by atoms with Crippen LogP contribution in [0.3, 0.4) is 0 Å². The van der Waals surface area contributed by atoms with Crippen LogP contribution in [0, 0.1) is 6.92 Å². The number of nitrogens with one attached hydrogen (secondary N) is 1. The van der Waals surface area contributed by atoms with Crippen molar-refractivity contribution in [3.05, 3.63) is 45.9 Å². The van der Waals surface area contributed by atoms with Crippen molar-refractivity contribution in [1.29, 1.82) is 0 Å². The number of ether oxygens (including phenoxy) is 1. The summed E-state index contributed by atoms with van der Waals surface area (Å²) in [6, 6.07) is 8.41. The summed E-state index contributed by atoms with van der Waals surface area (Å²) in [5.41, 5.74) is 1.37. The van der Waals surface area contributed by atoms with Crippen molar-refractivity contribution in [3.8, 4) is 5.75 Å². The summed E-state index contributed by atoms with van der Waals surface area (Å²) in [5, 5.41) is 4.53. The molecule has 128 valence electrons. The zero-order valence-electron chi connectivity index (χ0n) is 14.5. The van der Waals surface area contributed by atoms with Crippen molar-refractivity contribution in [2.75, 3.05) is 27.2 Å². The van der Waals surface area contributed by atoms with Gasteiger partial charge >= 0.3 is 0 Å². The Balaban J connectivity index is 1.58. The van der Waals surface area contributed by atoms with Crippen LogP contribution >= 0.6 is 11.3 Å². The van der Waals surface area contributed by atoms with E-state index in [0.717, 1.165) is 42.8 Å². The molecule has 1 aliphatic heterocycles. The maximum absolute atomic E-state index is 5.24. The predicted octanol–water partition coefficient (Wildman–Crippen LogP) is 3.03. The minimum Gasteiger partial charge on any atom is -0.497 e. The van der Waals surface area contributed by atoms with E-state index >= 15 is 0 Å². The lowest BCUT2D eigenvalue weighted by molar-refractivity contribution is 0.414. The minimum atomic E-state index is 0.538. The molecule has 1 unspecified atom stereocenters. The number of hydrogen-bond donors (Lipinski definition) is 1. The smallest absolute Gasteiger partial charge is 0.194 e. The lowest BCUT2D eigenvalue weighted by atomic mass is 9.98. The average molecular weight is 344 g/mol. The van der Waals surface area contributed by atoms with Crippen molar-refractivity contribution >= 4 is 17.3 Å². The Labute approximate surface area is 147 Å². The predicted molar refractivity (Wildman–Crippen MR) is 99.0 cm³/mol. The van der Waals surface area contributed by atoms with Gasteiger partial charge in [0.05, 0.1) is 13.7 Å². The van der Waals surface area contributed by atoms with Crippen molar-refractivity contribution < 1.29 is 4.74 Å². The largest absolute Gasteiger partial charge is 0.497 e. The van der Waals surface area contributed by atoms with E-state index in [1.807, 2.05) is 25.4 Å². The summed E-state index contributed by atoms with van der Waals surface area (Å²) >= 11 is 1.72. The standard InChI is InChI=1S/C18H24N4OS/c1-13-10-20-17(24-13)11-21-18(19-2)22-9-8-15(12-22)14-4-6-16(23-3)7-5-14/h4-7,10,15H,8-9,11-12H2,1-3H3,(H,19,21). The number of likely N-dealkylation sites (tertiary alicyclic amines) is 1. The second-order valence-corrected chi connectivity index (χ2v) is 7.29. The Morgan fingerprint density at radius 1 is 1.42 bits per heavy atom. The fourth-order valence-electron chi connectivity index (χ4n) is 3.07. The number of thiazole rings is 1. The number of benzene rings is 1. The molecule has 1 aromatic heterocycles. The van der Waals surface area contributed by atoms with Gasteiger partial charge in [0.15, 0.2) is 5.96 Å². The number of guanidine groups is 1. The lowest BCUT2D eigenvalue weighted by Crippen LogP contribution is -2.39. The van der Waals surface area contributed by atoms with E-state index in [1.54, 1.807) is 18.4 Å². The molecule has 0 amide bonds. The first-order valence-electron chi connectivity index (χ1n) is 8.20. The molecule has 5 nitrogen and oxygen atoms in total. The zero-order chi connectivity index (χ0) is 16.9. The van der Waals surface area contributed by atoms with Gasteiger partial charge in [0.1, 0.15) is 10.8 Å². The summed E-state index contributed by atoms with van der Waals surface area (Å²) < 4.78 is 5.24. The highest BCUT2D eigenvalue weighted by molar-refractivity contribution is 7.11. The quantitative estimate of drug-likeness (QED) is 0.684. The number of rotatable bonds is 4. The summed E-state index contributed by atoms with van der Waals surface area (Å²) in [6.07, 6.45) is 3.06. The van der Waals surface area contributed by atoms with Crippen LogP contribution in [-0.2, 0) is 6.54 Å². The molecule has 6 heteroatoms. The Hall–Kier alpha value is -2.08. The molecule has 0 radical (unpaired) electrons. The van der Waals surface area contributed by atoms with Crippen LogP contribution < -0.4 is 10.1 Å². The maximum atomic E-state index is 5.24. The third kappa shape index (κ3) is 3.87. The maximum Gasteiger partial charge on any atom is 0.194 e. The Morgan fingerprint density at radius 2 is 2.21 bits per heavy atom.